The molecule has 0 bridgehead atoms. The van der Waals surface area contributed by atoms with Crippen LogP contribution < -0.4 is 10.4 Å². The fourth-order valence-electron chi connectivity index (χ4n) is 5.42. The van der Waals surface area contributed by atoms with Gasteiger partial charge >= 0.3 is 0 Å². The number of hydrogen-bond acceptors (Lipinski definition) is 5. The molecule has 6 heteroatoms. The molecule has 2 aromatic rings. The maximum Gasteiger partial charge on any atom is 0.261 e. The number of rotatable bonds is 9. The Morgan fingerprint density at radius 1 is 0.882 bits per heavy atom. The molecule has 0 saturated carbocycles. The van der Waals surface area contributed by atoms with E-state index < -0.39 is 26.6 Å². The number of benzene rings is 2. The van der Waals surface area contributed by atoms with Gasteiger partial charge in [0, 0.05) is 13.1 Å². The minimum Gasteiger partial charge on any atom is -0.406 e. The zero-order valence-electron chi connectivity index (χ0n) is 21.4. The predicted octanol–water partition coefficient (Wildman–Crippen LogP) is 2.77. The Morgan fingerprint density at radius 3 is 1.82 bits per heavy atom. The van der Waals surface area contributed by atoms with Crippen LogP contribution >= 0.6 is 0 Å². The molecule has 188 valence electrons. The van der Waals surface area contributed by atoms with E-state index in [0.717, 1.165) is 19.4 Å². The molecule has 3 rings (SSSR count). The molecule has 5 nitrogen and oxygen atoms in total. The summed E-state index contributed by atoms with van der Waals surface area (Å²) in [5.74, 6) is 0.463. The van der Waals surface area contributed by atoms with Gasteiger partial charge in [-0.3, -0.25) is 4.90 Å². The van der Waals surface area contributed by atoms with Crippen LogP contribution in [-0.2, 0) is 4.43 Å². The Labute approximate surface area is 206 Å². The first-order valence-electron chi connectivity index (χ1n) is 12.7. The second-order valence-corrected chi connectivity index (χ2v) is 15.0. The van der Waals surface area contributed by atoms with Crippen molar-refractivity contribution in [2.75, 3.05) is 19.7 Å². The van der Waals surface area contributed by atoms with Crippen LogP contribution in [0, 0.1) is 5.92 Å². The van der Waals surface area contributed by atoms with Gasteiger partial charge in [-0.1, -0.05) is 108 Å². The summed E-state index contributed by atoms with van der Waals surface area (Å²) < 4.78 is 7.08. The topological polar surface area (TPSA) is 73.2 Å². The molecule has 34 heavy (non-hydrogen) atoms. The highest BCUT2D eigenvalue weighted by atomic mass is 28.4. The van der Waals surface area contributed by atoms with Gasteiger partial charge in [0.15, 0.2) is 0 Å². The number of piperidine rings is 1. The highest BCUT2D eigenvalue weighted by Gasteiger charge is 2.51. The van der Waals surface area contributed by atoms with Crippen molar-refractivity contribution >= 4 is 18.7 Å². The minimum atomic E-state index is -2.77. The fourth-order valence-corrected chi connectivity index (χ4v) is 10.00. The first-order valence-corrected chi connectivity index (χ1v) is 14.6. The molecule has 2 aromatic carbocycles. The van der Waals surface area contributed by atoms with E-state index >= 15 is 0 Å². The van der Waals surface area contributed by atoms with Crippen molar-refractivity contribution in [1.29, 1.82) is 0 Å². The van der Waals surface area contributed by atoms with E-state index in [1.54, 1.807) is 0 Å². The molecule has 0 spiro atoms. The normalized spacial score (nSPS) is 24.5. The maximum atomic E-state index is 11.1. The molecule has 1 aliphatic rings. The third-order valence-corrected chi connectivity index (χ3v) is 12.6. The van der Waals surface area contributed by atoms with Crippen molar-refractivity contribution in [3.63, 3.8) is 0 Å². The average molecular weight is 486 g/mol. The van der Waals surface area contributed by atoms with E-state index in [1.165, 1.54) is 10.4 Å². The van der Waals surface area contributed by atoms with E-state index in [0.29, 0.717) is 19.1 Å². The first kappa shape index (κ1) is 27.1. The SMILES string of the molecule is CCC(CC)CN1C[C@H](O)[C@@H](O)[C@H](O)[C@H]1CO[Si](c1ccccc1)(c1ccccc1)C(C)(C)C. The lowest BCUT2D eigenvalue weighted by Gasteiger charge is -2.48. The van der Waals surface area contributed by atoms with Crippen LogP contribution in [-0.4, -0.2) is 72.6 Å². The van der Waals surface area contributed by atoms with E-state index in [1.807, 2.05) is 12.1 Å². The quantitative estimate of drug-likeness (QED) is 0.477. The molecule has 1 aliphatic heterocycles. The molecule has 4 atom stereocenters. The number of β-amino-alcohol motifs (C(OH)–C–C–N with tert-alkyl or cyclic N) is 1. The Morgan fingerprint density at radius 2 is 1.38 bits per heavy atom. The summed E-state index contributed by atoms with van der Waals surface area (Å²) in [5, 5.41) is 34.2. The number of nitrogens with zero attached hydrogens (tertiary/aromatic N) is 1. The summed E-state index contributed by atoms with van der Waals surface area (Å²) in [5.41, 5.74) is 0. The summed E-state index contributed by atoms with van der Waals surface area (Å²) in [6.07, 6.45) is -1.15. The Bertz CT molecular complexity index is 829. The highest BCUT2D eigenvalue weighted by molar-refractivity contribution is 6.99. The fraction of sp³-hybridized carbons (Fsp3) is 0.571. The summed E-state index contributed by atoms with van der Waals surface area (Å²) in [7, 11) is -2.77. The molecule has 3 N–H and O–H groups in total. The molecule has 0 amide bonds. The van der Waals surface area contributed by atoms with Gasteiger partial charge in [0.25, 0.3) is 8.32 Å². The van der Waals surface area contributed by atoms with Crippen LogP contribution in [0.5, 0.6) is 0 Å². The zero-order valence-corrected chi connectivity index (χ0v) is 22.4. The molecule has 0 radical (unpaired) electrons. The predicted molar refractivity (Wildman–Crippen MR) is 141 cm³/mol. The van der Waals surface area contributed by atoms with Crippen LogP contribution in [0.15, 0.2) is 60.7 Å². The van der Waals surface area contributed by atoms with Gasteiger partial charge in [-0.15, -0.1) is 0 Å². The average Bonchev–Trinajstić information content (AvgIpc) is 2.83. The lowest BCUT2D eigenvalue weighted by atomic mass is 9.92. The third-order valence-electron chi connectivity index (χ3n) is 7.56. The molecular formula is C28H43NO4Si. The smallest absolute Gasteiger partial charge is 0.261 e. The number of aliphatic hydroxyl groups is 3. The largest absolute Gasteiger partial charge is 0.406 e. The highest BCUT2D eigenvalue weighted by Crippen LogP contribution is 2.37. The lowest BCUT2D eigenvalue weighted by Crippen LogP contribution is -2.69. The maximum absolute atomic E-state index is 11.1. The van der Waals surface area contributed by atoms with Crippen LogP contribution in [0.1, 0.15) is 47.5 Å². The summed E-state index contributed by atoms with van der Waals surface area (Å²) in [4.78, 5) is 2.14. The minimum absolute atomic E-state index is 0.173. The Hall–Kier alpha value is -1.54. The van der Waals surface area contributed by atoms with Crippen LogP contribution in [0.4, 0.5) is 0 Å². The second kappa shape index (κ2) is 11.5. The molecule has 1 saturated heterocycles. The van der Waals surface area contributed by atoms with Crippen molar-refractivity contribution in [3.05, 3.63) is 60.7 Å². The van der Waals surface area contributed by atoms with E-state index in [-0.39, 0.29) is 11.1 Å². The number of likely N-dealkylation sites (tertiary alicyclic amines) is 1. The van der Waals surface area contributed by atoms with Gasteiger partial charge in [-0.05, 0) is 21.3 Å². The second-order valence-electron chi connectivity index (χ2n) is 10.7. The first-order chi connectivity index (χ1) is 16.2. The zero-order chi connectivity index (χ0) is 24.9. The molecular weight excluding hydrogens is 442 g/mol. The van der Waals surface area contributed by atoms with Gasteiger partial charge < -0.3 is 19.7 Å². The Kier molecular flexibility index (Phi) is 9.12. The van der Waals surface area contributed by atoms with Crippen molar-refractivity contribution < 1.29 is 19.7 Å². The van der Waals surface area contributed by atoms with Crippen LogP contribution in [0.25, 0.3) is 0 Å². The molecule has 1 fully saturated rings. The Balaban J connectivity index is 2.02. The number of aliphatic hydroxyl groups excluding tert-OH is 3. The van der Waals surface area contributed by atoms with Crippen LogP contribution in [0.2, 0.25) is 5.04 Å². The molecule has 0 unspecified atom stereocenters. The van der Waals surface area contributed by atoms with E-state index in [2.05, 4.69) is 88.0 Å². The van der Waals surface area contributed by atoms with Crippen molar-refractivity contribution in [3.8, 4) is 0 Å². The van der Waals surface area contributed by atoms with Gasteiger partial charge in [0.1, 0.15) is 12.2 Å². The summed E-state index contributed by atoms with van der Waals surface area (Å²) >= 11 is 0. The van der Waals surface area contributed by atoms with Gasteiger partial charge in [-0.25, -0.2) is 0 Å². The summed E-state index contributed by atoms with van der Waals surface area (Å²) in [6, 6.07) is 20.5. The van der Waals surface area contributed by atoms with Gasteiger partial charge in [-0.2, -0.15) is 0 Å². The molecule has 0 aliphatic carbocycles. The summed E-state index contributed by atoms with van der Waals surface area (Å²) in [6.45, 7) is 12.4. The number of hydrogen-bond donors (Lipinski definition) is 3. The lowest BCUT2D eigenvalue weighted by molar-refractivity contribution is -0.146. The van der Waals surface area contributed by atoms with Crippen molar-refractivity contribution in [1.82, 2.24) is 4.90 Å². The van der Waals surface area contributed by atoms with Crippen molar-refractivity contribution in [2.24, 2.45) is 5.92 Å². The van der Waals surface area contributed by atoms with E-state index in [4.69, 9.17) is 4.43 Å². The molecule has 1 heterocycles. The monoisotopic (exact) mass is 485 g/mol. The standard InChI is InChI=1S/C28H43NO4Si/c1-6-21(7-2)18-29-19-25(30)27(32)26(31)24(29)20-33-34(28(3,4)5,22-14-10-8-11-15-22)23-16-12-9-13-17-23/h8-17,21,24-27,30-32H,6-7,18-20H2,1-5H3/t24-,25+,26-,27-/m1/s1. The van der Waals surface area contributed by atoms with Gasteiger partial charge in [0.05, 0.1) is 18.8 Å². The van der Waals surface area contributed by atoms with Crippen molar-refractivity contribution in [2.45, 2.75) is 76.9 Å². The van der Waals surface area contributed by atoms with Crippen LogP contribution in [0.3, 0.4) is 0 Å². The molecule has 0 aromatic heterocycles. The van der Waals surface area contributed by atoms with E-state index in [9.17, 15) is 15.3 Å². The van der Waals surface area contributed by atoms with Gasteiger partial charge in [0.2, 0.25) is 0 Å². The third kappa shape index (κ3) is 5.48.